The molecule has 36 heavy (non-hydrogen) atoms. The first-order valence-corrected chi connectivity index (χ1v) is 13.0. The SMILES string of the molecule is Nc1nc(/C(=N/O)C(=O)NC2C(=O)N3C(C(=O)O)=C(/C=C/Sc4nc5ccccc5o4)CSC23)cs1. The fraction of sp³-hybridized carbons (Fsp3) is 0.143. The number of aromatic nitrogens is 2. The standard InChI is InChI=1S/C21H16N6O6S3/c22-20-23-11(8-36-20)13(26-32)16(28)25-14-17(29)27-15(19(30)31)9(7-35-18(14)27)5-6-34-21-24-10-3-1-2-4-12(10)33-21/h1-6,8,14,18,32H,7H2,(H2,22,23)(H,25,28)(H,30,31)/b6-5+,26-13-. The van der Waals surface area contributed by atoms with Crippen molar-refractivity contribution in [2.75, 3.05) is 11.5 Å². The number of para-hydroxylation sites is 2. The summed E-state index contributed by atoms with van der Waals surface area (Å²) in [7, 11) is 0. The van der Waals surface area contributed by atoms with E-state index in [1.54, 1.807) is 17.6 Å². The van der Waals surface area contributed by atoms with Crippen molar-refractivity contribution in [1.82, 2.24) is 20.2 Å². The number of nitrogens with zero attached hydrogens (tertiary/aromatic N) is 4. The number of carboxylic acids is 1. The first-order chi connectivity index (χ1) is 17.4. The maximum atomic E-state index is 12.8. The molecule has 0 radical (unpaired) electrons. The monoisotopic (exact) mass is 544 g/mol. The number of nitrogen functional groups attached to an aromatic ring is 1. The summed E-state index contributed by atoms with van der Waals surface area (Å²) in [5.74, 6) is -2.40. The van der Waals surface area contributed by atoms with Gasteiger partial charge in [0.2, 0.25) is 0 Å². The highest BCUT2D eigenvalue weighted by Gasteiger charge is 2.54. The van der Waals surface area contributed by atoms with Crippen molar-refractivity contribution in [1.29, 1.82) is 0 Å². The van der Waals surface area contributed by atoms with Gasteiger partial charge in [0, 0.05) is 11.1 Å². The second kappa shape index (κ2) is 9.67. The van der Waals surface area contributed by atoms with Gasteiger partial charge in [0.25, 0.3) is 17.0 Å². The van der Waals surface area contributed by atoms with Crippen LogP contribution in [0.2, 0.25) is 0 Å². The molecule has 4 heterocycles. The molecule has 2 aromatic heterocycles. The number of oxime groups is 1. The first kappa shape index (κ1) is 23.9. The van der Waals surface area contributed by atoms with Gasteiger partial charge < -0.3 is 25.8 Å². The van der Waals surface area contributed by atoms with Gasteiger partial charge >= 0.3 is 5.97 Å². The average molecular weight is 545 g/mol. The summed E-state index contributed by atoms with van der Waals surface area (Å²) >= 11 is 3.54. The number of thiazole rings is 1. The predicted octanol–water partition coefficient (Wildman–Crippen LogP) is 2.09. The van der Waals surface area contributed by atoms with E-state index in [-0.39, 0.29) is 22.3 Å². The number of nitrogens with two attached hydrogens (primary N) is 1. The number of nitrogens with one attached hydrogen (secondary N) is 1. The van der Waals surface area contributed by atoms with E-state index < -0.39 is 34.9 Å². The summed E-state index contributed by atoms with van der Waals surface area (Å²) in [6, 6.07) is 6.31. The third-order valence-corrected chi connectivity index (χ3v) is 7.90. The Labute approximate surface area is 214 Å². The Morgan fingerprint density at radius 3 is 2.83 bits per heavy atom. The molecule has 15 heteroatoms. The number of carboxylic acid groups (broad SMARTS) is 1. The minimum atomic E-state index is -1.26. The number of carbonyl (C=O) groups excluding carboxylic acids is 2. The highest BCUT2D eigenvalue weighted by Crippen LogP contribution is 2.41. The Kier molecular flexibility index (Phi) is 6.42. The van der Waals surface area contributed by atoms with Crippen molar-refractivity contribution in [3.8, 4) is 0 Å². The van der Waals surface area contributed by atoms with Crippen molar-refractivity contribution >= 4 is 74.6 Å². The molecule has 0 bridgehead atoms. The van der Waals surface area contributed by atoms with Crippen LogP contribution >= 0.6 is 34.9 Å². The van der Waals surface area contributed by atoms with E-state index in [9.17, 15) is 24.7 Å². The molecule has 2 aliphatic rings. The van der Waals surface area contributed by atoms with E-state index in [1.165, 1.54) is 28.9 Å². The fourth-order valence-electron chi connectivity index (χ4n) is 3.67. The van der Waals surface area contributed by atoms with Gasteiger partial charge in [0.05, 0.1) is 0 Å². The normalized spacial score (nSPS) is 20.1. The van der Waals surface area contributed by atoms with E-state index in [0.717, 1.165) is 16.2 Å². The number of carbonyl (C=O) groups is 3. The van der Waals surface area contributed by atoms with Crippen molar-refractivity contribution in [2.45, 2.75) is 16.6 Å². The Bertz CT molecular complexity index is 1440. The molecule has 2 atom stereocenters. The number of amides is 2. The van der Waals surface area contributed by atoms with Gasteiger partial charge in [0.1, 0.15) is 28.3 Å². The lowest BCUT2D eigenvalue weighted by molar-refractivity contribution is -0.150. The van der Waals surface area contributed by atoms with Crippen LogP contribution < -0.4 is 11.1 Å². The molecule has 1 saturated heterocycles. The summed E-state index contributed by atoms with van der Waals surface area (Å²) in [4.78, 5) is 46.9. The van der Waals surface area contributed by atoms with Crippen LogP contribution in [0.1, 0.15) is 5.69 Å². The Balaban J connectivity index is 1.30. The van der Waals surface area contributed by atoms with Gasteiger partial charge in [-0.25, -0.2) is 14.8 Å². The zero-order chi connectivity index (χ0) is 25.4. The number of anilines is 1. The molecule has 0 aliphatic carbocycles. The summed E-state index contributed by atoms with van der Waals surface area (Å²) in [5.41, 5.74) is 6.84. The van der Waals surface area contributed by atoms with Crippen LogP contribution in [0, 0.1) is 0 Å². The fourth-order valence-corrected chi connectivity index (χ4v) is 6.17. The van der Waals surface area contributed by atoms with Gasteiger partial charge in [0.15, 0.2) is 16.4 Å². The molecule has 2 unspecified atom stereocenters. The highest BCUT2D eigenvalue weighted by molar-refractivity contribution is 8.02. The number of aliphatic carboxylic acids is 1. The minimum Gasteiger partial charge on any atom is -0.477 e. The number of β-lactam (4-membered cyclic amide) rings is 1. The molecule has 2 amide bonds. The van der Waals surface area contributed by atoms with Crippen LogP contribution in [0.5, 0.6) is 0 Å². The summed E-state index contributed by atoms with van der Waals surface area (Å²) in [6.07, 6.45) is 1.61. The number of benzene rings is 1. The number of hydrogen-bond acceptors (Lipinski definition) is 12. The van der Waals surface area contributed by atoms with Crippen molar-refractivity contribution in [3.63, 3.8) is 0 Å². The Morgan fingerprint density at radius 1 is 1.33 bits per heavy atom. The summed E-state index contributed by atoms with van der Waals surface area (Å²) in [5, 5.41) is 27.6. The van der Waals surface area contributed by atoms with E-state index in [0.29, 0.717) is 21.9 Å². The van der Waals surface area contributed by atoms with Crippen molar-refractivity contribution in [2.24, 2.45) is 5.16 Å². The number of allylic oxidation sites excluding steroid dienone is 1. The number of oxazole rings is 1. The maximum absolute atomic E-state index is 12.8. The molecule has 5 N–H and O–H groups in total. The molecular formula is C21H16N6O6S3. The predicted molar refractivity (Wildman–Crippen MR) is 134 cm³/mol. The lowest BCUT2D eigenvalue weighted by atomic mass is 10.0. The molecule has 12 nitrogen and oxygen atoms in total. The van der Waals surface area contributed by atoms with E-state index in [4.69, 9.17) is 10.2 Å². The molecule has 5 rings (SSSR count). The number of rotatable bonds is 7. The third kappa shape index (κ3) is 4.31. The minimum absolute atomic E-state index is 0.0624. The summed E-state index contributed by atoms with van der Waals surface area (Å²) < 4.78 is 5.63. The van der Waals surface area contributed by atoms with Crippen LogP contribution in [0.4, 0.5) is 5.13 Å². The van der Waals surface area contributed by atoms with Gasteiger partial charge in [-0.05, 0) is 41.0 Å². The van der Waals surface area contributed by atoms with Gasteiger partial charge in [-0.2, -0.15) is 0 Å². The van der Waals surface area contributed by atoms with Gasteiger partial charge in [-0.15, -0.1) is 23.1 Å². The molecule has 184 valence electrons. The van der Waals surface area contributed by atoms with Gasteiger partial charge in [-0.3, -0.25) is 14.5 Å². The van der Waals surface area contributed by atoms with Crippen LogP contribution in [0.25, 0.3) is 11.1 Å². The lowest BCUT2D eigenvalue weighted by Crippen LogP contribution is -2.71. The zero-order valence-corrected chi connectivity index (χ0v) is 20.5. The molecule has 0 spiro atoms. The van der Waals surface area contributed by atoms with Gasteiger partial charge in [-0.1, -0.05) is 17.3 Å². The van der Waals surface area contributed by atoms with Crippen LogP contribution in [0.3, 0.4) is 0 Å². The third-order valence-electron chi connectivity index (χ3n) is 5.28. The quantitative estimate of drug-likeness (QED) is 0.112. The second-order valence-corrected chi connectivity index (χ2v) is 10.3. The molecule has 3 aromatic rings. The number of fused-ring (bicyclic) bond motifs is 2. The molecule has 1 aromatic carbocycles. The second-order valence-electron chi connectivity index (χ2n) is 7.43. The van der Waals surface area contributed by atoms with Crippen molar-refractivity contribution in [3.05, 3.63) is 58.1 Å². The molecule has 2 aliphatic heterocycles. The largest absolute Gasteiger partial charge is 0.477 e. The van der Waals surface area contributed by atoms with E-state index in [1.807, 2.05) is 18.2 Å². The van der Waals surface area contributed by atoms with Crippen LogP contribution in [-0.2, 0) is 14.4 Å². The first-order valence-electron chi connectivity index (χ1n) is 10.2. The van der Waals surface area contributed by atoms with Crippen molar-refractivity contribution < 1.29 is 29.1 Å². The Hall–Kier alpha value is -3.82. The van der Waals surface area contributed by atoms with Crippen LogP contribution in [-0.4, -0.2) is 65.8 Å². The summed E-state index contributed by atoms with van der Waals surface area (Å²) in [6.45, 7) is 0. The topological polar surface area (TPSA) is 184 Å². The molecule has 0 saturated carbocycles. The number of thioether (sulfide) groups is 2. The number of hydrogen-bond donors (Lipinski definition) is 4. The zero-order valence-electron chi connectivity index (χ0n) is 18.0. The maximum Gasteiger partial charge on any atom is 0.352 e. The smallest absolute Gasteiger partial charge is 0.352 e. The average Bonchev–Trinajstić information content (AvgIpc) is 3.48. The lowest BCUT2D eigenvalue weighted by Gasteiger charge is -2.49. The highest BCUT2D eigenvalue weighted by atomic mass is 32.2. The molecule has 1 fully saturated rings. The van der Waals surface area contributed by atoms with E-state index in [2.05, 4.69) is 20.4 Å². The van der Waals surface area contributed by atoms with E-state index >= 15 is 0 Å². The molecular weight excluding hydrogens is 528 g/mol. The Morgan fingerprint density at radius 2 is 2.14 bits per heavy atom. The van der Waals surface area contributed by atoms with Crippen LogP contribution in [0.15, 0.2) is 67.2 Å².